The second-order valence-electron chi connectivity index (χ2n) is 6.70. The van der Waals surface area contributed by atoms with Gasteiger partial charge in [-0.2, -0.15) is 0 Å². The third kappa shape index (κ3) is 4.02. The molecule has 8 nitrogen and oxygen atoms in total. The predicted octanol–water partition coefficient (Wildman–Crippen LogP) is 3.08. The zero-order valence-corrected chi connectivity index (χ0v) is 15.1. The maximum Gasteiger partial charge on any atom is 0.184 e. The third-order valence-corrected chi connectivity index (χ3v) is 4.85. The molecule has 28 heavy (non-hydrogen) atoms. The Hall–Kier alpha value is -2.45. The Morgan fingerprint density at radius 3 is 2.50 bits per heavy atom. The number of ether oxygens (including phenoxy) is 4. The minimum Gasteiger partial charge on any atom is -0.387 e. The summed E-state index contributed by atoms with van der Waals surface area (Å²) in [6.07, 6.45) is -3.87. The van der Waals surface area contributed by atoms with E-state index in [1.165, 1.54) is 0 Å². The standard InChI is InChI=1S/C20H21N3O5/c21-23-22-16-17(24)20(25-11-13-7-3-1-4-8-13)27-15-12-26-19(28-18(15)16)14-9-5-2-6-10-14/h1-10,15-20,24H,11-12H2/t15-,16-,17-,18+,19+,20-/m0/s1. The molecule has 0 radical (unpaired) electrons. The Morgan fingerprint density at radius 1 is 1.07 bits per heavy atom. The summed E-state index contributed by atoms with van der Waals surface area (Å²) in [4.78, 5) is 2.88. The van der Waals surface area contributed by atoms with Gasteiger partial charge in [-0.25, -0.2) is 0 Å². The fraction of sp³-hybridized carbons (Fsp3) is 0.400. The van der Waals surface area contributed by atoms with Crippen LogP contribution in [0.5, 0.6) is 0 Å². The first-order valence-corrected chi connectivity index (χ1v) is 9.11. The number of rotatable bonds is 5. The summed E-state index contributed by atoms with van der Waals surface area (Å²) in [5, 5.41) is 14.5. The number of aliphatic hydroxyl groups excluding tert-OH is 1. The number of aliphatic hydroxyl groups is 1. The van der Waals surface area contributed by atoms with E-state index in [9.17, 15) is 5.11 Å². The molecule has 146 valence electrons. The quantitative estimate of drug-likeness (QED) is 0.485. The molecule has 2 saturated heterocycles. The molecule has 0 amide bonds. The second kappa shape index (κ2) is 8.70. The fourth-order valence-corrected chi connectivity index (χ4v) is 3.44. The van der Waals surface area contributed by atoms with E-state index in [-0.39, 0.29) is 13.2 Å². The summed E-state index contributed by atoms with van der Waals surface area (Å²) in [6, 6.07) is 18.2. The first kappa shape index (κ1) is 18.9. The lowest BCUT2D eigenvalue weighted by atomic mass is 9.96. The van der Waals surface area contributed by atoms with Crippen LogP contribution >= 0.6 is 0 Å². The smallest absolute Gasteiger partial charge is 0.184 e. The van der Waals surface area contributed by atoms with Crippen LogP contribution in [0.3, 0.4) is 0 Å². The van der Waals surface area contributed by atoms with Gasteiger partial charge in [-0.1, -0.05) is 65.8 Å². The van der Waals surface area contributed by atoms with Crippen molar-refractivity contribution in [2.75, 3.05) is 6.61 Å². The Bertz CT molecular complexity index is 815. The van der Waals surface area contributed by atoms with Gasteiger partial charge in [0.15, 0.2) is 12.6 Å². The highest BCUT2D eigenvalue weighted by Gasteiger charge is 2.49. The van der Waals surface area contributed by atoms with Gasteiger partial charge >= 0.3 is 0 Å². The van der Waals surface area contributed by atoms with Crippen molar-refractivity contribution in [2.24, 2.45) is 5.11 Å². The van der Waals surface area contributed by atoms with Gasteiger partial charge in [0, 0.05) is 10.5 Å². The van der Waals surface area contributed by atoms with Crippen LogP contribution in [0.1, 0.15) is 17.4 Å². The lowest BCUT2D eigenvalue weighted by Gasteiger charge is -2.46. The van der Waals surface area contributed by atoms with Gasteiger partial charge in [0.05, 0.1) is 19.3 Å². The molecule has 0 spiro atoms. The summed E-state index contributed by atoms with van der Waals surface area (Å²) in [7, 11) is 0. The monoisotopic (exact) mass is 383 g/mol. The van der Waals surface area contributed by atoms with Crippen molar-refractivity contribution in [3.8, 4) is 0 Å². The van der Waals surface area contributed by atoms with Crippen molar-refractivity contribution in [1.29, 1.82) is 0 Å². The fourth-order valence-electron chi connectivity index (χ4n) is 3.44. The van der Waals surface area contributed by atoms with E-state index in [4.69, 9.17) is 24.5 Å². The van der Waals surface area contributed by atoms with Crippen LogP contribution in [-0.2, 0) is 25.6 Å². The largest absolute Gasteiger partial charge is 0.387 e. The molecule has 2 aliphatic heterocycles. The predicted molar refractivity (Wildman–Crippen MR) is 98.8 cm³/mol. The van der Waals surface area contributed by atoms with Gasteiger partial charge < -0.3 is 24.1 Å². The van der Waals surface area contributed by atoms with E-state index >= 15 is 0 Å². The van der Waals surface area contributed by atoms with Gasteiger partial charge in [0.1, 0.15) is 18.3 Å². The van der Waals surface area contributed by atoms with Crippen LogP contribution in [0, 0.1) is 0 Å². The number of benzene rings is 2. The van der Waals surface area contributed by atoms with E-state index in [1.807, 2.05) is 60.7 Å². The molecule has 2 aromatic carbocycles. The van der Waals surface area contributed by atoms with Crippen molar-refractivity contribution in [3.05, 3.63) is 82.2 Å². The molecule has 1 N–H and O–H groups in total. The van der Waals surface area contributed by atoms with Gasteiger partial charge in [-0.3, -0.25) is 0 Å². The van der Waals surface area contributed by atoms with Crippen LogP contribution < -0.4 is 0 Å². The van der Waals surface area contributed by atoms with Crippen LogP contribution in [-0.4, -0.2) is 42.4 Å². The van der Waals surface area contributed by atoms with E-state index in [1.54, 1.807) is 0 Å². The molecule has 4 rings (SSSR count). The summed E-state index contributed by atoms with van der Waals surface area (Å²) >= 11 is 0. The van der Waals surface area contributed by atoms with Gasteiger partial charge in [-0.15, -0.1) is 0 Å². The third-order valence-electron chi connectivity index (χ3n) is 4.85. The van der Waals surface area contributed by atoms with Gasteiger partial charge in [0.2, 0.25) is 0 Å². The van der Waals surface area contributed by atoms with Crippen LogP contribution in [0.4, 0.5) is 0 Å². The van der Waals surface area contributed by atoms with Gasteiger partial charge in [-0.05, 0) is 11.1 Å². The topological polar surface area (TPSA) is 106 Å². The molecule has 0 bridgehead atoms. The van der Waals surface area contributed by atoms with Gasteiger partial charge in [0.25, 0.3) is 0 Å². The molecule has 8 heteroatoms. The molecule has 2 fully saturated rings. The van der Waals surface area contributed by atoms with Crippen LogP contribution in [0.2, 0.25) is 0 Å². The Labute approximate surface area is 162 Å². The number of hydrogen-bond acceptors (Lipinski definition) is 6. The van der Waals surface area contributed by atoms with Crippen molar-refractivity contribution >= 4 is 0 Å². The SMILES string of the molecule is [N-]=[N+]=N[C@H]1[C@H](O)[C@@H](OCc2ccccc2)O[C@H]2CO[C@@H](c3ccccc3)O[C@@H]12. The number of fused-ring (bicyclic) bond motifs is 1. The molecular formula is C20H21N3O5. The number of nitrogens with zero attached hydrogens (tertiary/aromatic N) is 3. The van der Waals surface area contributed by atoms with Crippen molar-refractivity contribution < 1.29 is 24.1 Å². The first-order chi connectivity index (χ1) is 13.8. The van der Waals surface area contributed by atoms with E-state index in [2.05, 4.69) is 10.0 Å². The molecule has 6 atom stereocenters. The molecule has 0 unspecified atom stereocenters. The first-order valence-electron chi connectivity index (χ1n) is 9.11. The maximum atomic E-state index is 10.7. The molecule has 0 aromatic heterocycles. The minimum atomic E-state index is -1.16. The molecule has 2 aliphatic rings. The van der Waals surface area contributed by atoms with Crippen molar-refractivity contribution in [2.45, 2.75) is 43.5 Å². The number of hydrogen-bond donors (Lipinski definition) is 1. The molecule has 2 heterocycles. The summed E-state index contributed by atoms with van der Waals surface area (Å²) < 4.78 is 23.4. The second-order valence-corrected chi connectivity index (χ2v) is 6.70. The van der Waals surface area contributed by atoms with Crippen LogP contribution in [0.15, 0.2) is 65.8 Å². The number of azide groups is 1. The normalized spacial score (nSPS) is 32.2. The maximum absolute atomic E-state index is 10.7. The van der Waals surface area contributed by atoms with E-state index in [0.29, 0.717) is 0 Å². The van der Waals surface area contributed by atoms with Crippen molar-refractivity contribution in [1.82, 2.24) is 0 Å². The molecule has 0 aliphatic carbocycles. The Kier molecular flexibility index (Phi) is 5.87. The highest BCUT2D eigenvalue weighted by atomic mass is 16.7. The summed E-state index contributed by atoms with van der Waals surface area (Å²) in [5.41, 5.74) is 10.8. The highest BCUT2D eigenvalue weighted by molar-refractivity contribution is 5.17. The lowest BCUT2D eigenvalue weighted by Crippen LogP contribution is -2.61. The zero-order valence-electron chi connectivity index (χ0n) is 15.1. The highest BCUT2D eigenvalue weighted by Crippen LogP contribution is 2.35. The van der Waals surface area contributed by atoms with E-state index in [0.717, 1.165) is 11.1 Å². The Morgan fingerprint density at radius 2 is 1.79 bits per heavy atom. The minimum absolute atomic E-state index is 0.236. The van der Waals surface area contributed by atoms with E-state index < -0.39 is 36.9 Å². The zero-order chi connectivity index (χ0) is 19.3. The van der Waals surface area contributed by atoms with Crippen molar-refractivity contribution in [3.63, 3.8) is 0 Å². The average molecular weight is 383 g/mol. The molecule has 2 aromatic rings. The summed E-state index contributed by atoms with van der Waals surface area (Å²) in [6.45, 7) is 0.497. The molecule has 0 saturated carbocycles. The van der Waals surface area contributed by atoms with Crippen LogP contribution in [0.25, 0.3) is 10.4 Å². The Balaban J connectivity index is 1.48. The molecular weight excluding hydrogens is 362 g/mol. The average Bonchev–Trinajstić information content (AvgIpc) is 2.75. The summed E-state index contributed by atoms with van der Waals surface area (Å²) in [5.74, 6) is 0. The lowest BCUT2D eigenvalue weighted by molar-refractivity contribution is -0.343.